The molecular weight excluding hydrogens is 209 g/mol. The minimum atomic E-state index is -2.55. The molecule has 68 valence electrons. The van der Waals surface area contributed by atoms with Crippen molar-refractivity contribution in [2.45, 2.75) is 0 Å². The van der Waals surface area contributed by atoms with E-state index in [-0.39, 0.29) is 35.4 Å². The fraction of sp³-hybridized carbons (Fsp3) is 0. The quantitative estimate of drug-likeness (QED) is 0.426. The summed E-state index contributed by atoms with van der Waals surface area (Å²) in [5, 5.41) is 0. The Kier molecular flexibility index (Phi) is 5.18. The molecule has 9 heteroatoms. The summed E-state index contributed by atoms with van der Waals surface area (Å²) in [4.78, 5) is 14.0. The number of nitrogen functional groups attached to an aromatic ring is 1. The Labute approximate surface area is 97.6 Å². The number of nitrogens with two attached hydrogens (primary N) is 1. The summed E-state index contributed by atoms with van der Waals surface area (Å²) >= 11 is -2.55. The van der Waals surface area contributed by atoms with Crippen molar-refractivity contribution in [3.05, 3.63) is 22.7 Å². The number of aromatic nitrogens is 2. The Morgan fingerprint density at radius 2 is 2.31 bits per heavy atom. The van der Waals surface area contributed by atoms with Gasteiger partial charge in [0, 0.05) is 6.07 Å². The molecule has 3 N–H and O–H groups in total. The van der Waals surface area contributed by atoms with Crippen molar-refractivity contribution in [2.75, 3.05) is 5.73 Å². The Bertz CT molecular complexity index is 367. The molecule has 7 nitrogen and oxygen atoms in total. The van der Waals surface area contributed by atoms with Crippen LogP contribution in [-0.4, -0.2) is 48.0 Å². The fourth-order valence-electron chi connectivity index (χ4n) is 0.530. The van der Waals surface area contributed by atoms with Gasteiger partial charge in [-0.05, 0) is 0 Å². The van der Waals surface area contributed by atoms with Crippen LogP contribution in [0.25, 0.3) is 0 Å². The molecule has 0 saturated heterocycles. The Hall–Kier alpha value is -0.410. The molecule has 0 spiro atoms. The van der Waals surface area contributed by atoms with E-state index < -0.39 is 17.1 Å². The second-order valence-corrected chi connectivity index (χ2v) is 2.34. The molecule has 0 aliphatic heterocycles. The zero-order chi connectivity index (χ0) is 9.14. The molecule has 1 aromatic rings. The first-order valence-corrected chi connectivity index (χ1v) is 3.77. The molecule has 0 aliphatic rings. The van der Waals surface area contributed by atoms with Gasteiger partial charge < -0.3 is 5.73 Å². The second kappa shape index (κ2) is 5.35. The van der Waals surface area contributed by atoms with E-state index in [4.69, 9.17) is 10.3 Å². The minimum absolute atomic E-state index is 0. The predicted octanol–water partition coefficient (Wildman–Crippen LogP) is -2.26. The average Bonchev–Trinajstić information content (AvgIpc) is 1.94. The van der Waals surface area contributed by atoms with Crippen LogP contribution >= 0.6 is 0 Å². The number of rotatable bonds is 2. The third-order valence-corrected chi connectivity index (χ3v) is 1.23. The van der Waals surface area contributed by atoms with Gasteiger partial charge in [-0.2, -0.15) is 9.19 Å². The number of hydrogen-bond acceptors (Lipinski definition) is 5. The van der Waals surface area contributed by atoms with Gasteiger partial charge in [-0.1, -0.05) is 0 Å². The van der Waals surface area contributed by atoms with Gasteiger partial charge in [0.25, 0.3) is 0 Å². The number of nitrogens with zero attached hydrogens (tertiary/aromatic N) is 2. The number of anilines is 1. The van der Waals surface area contributed by atoms with Gasteiger partial charge in [-0.25, -0.2) is 4.79 Å². The van der Waals surface area contributed by atoms with Crippen molar-refractivity contribution < 1.29 is 13.0 Å². The summed E-state index contributed by atoms with van der Waals surface area (Å²) in [5.74, 6) is 0.0172. The molecule has 1 heterocycles. The van der Waals surface area contributed by atoms with Crippen molar-refractivity contribution in [3.8, 4) is 0 Å². The van der Waals surface area contributed by atoms with Gasteiger partial charge in [0.05, 0.1) is 6.20 Å². The molecule has 0 amide bonds. The Balaban J connectivity index is 0.00000144. The SMILES string of the molecule is Nc1ccn(OS(=O)O)c(=O)n1.[NaH]. The van der Waals surface area contributed by atoms with Crippen molar-refractivity contribution in [2.24, 2.45) is 0 Å². The maximum absolute atomic E-state index is 10.8. The van der Waals surface area contributed by atoms with Crippen LogP contribution in [0.15, 0.2) is 17.1 Å². The third-order valence-electron chi connectivity index (χ3n) is 0.938. The van der Waals surface area contributed by atoms with Crippen LogP contribution in [0.3, 0.4) is 0 Å². The Morgan fingerprint density at radius 1 is 1.69 bits per heavy atom. The van der Waals surface area contributed by atoms with Crippen LogP contribution < -0.4 is 15.7 Å². The van der Waals surface area contributed by atoms with Gasteiger partial charge in [-0.3, -0.25) is 8.84 Å². The first-order chi connectivity index (χ1) is 5.59. The van der Waals surface area contributed by atoms with Crippen LogP contribution in [0.4, 0.5) is 5.82 Å². The van der Waals surface area contributed by atoms with E-state index in [9.17, 15) is 9.00 Å². The van der Waals surface area contributed by atoms with E-state index >= 15 is 0 Å². The molecule has 0 saturated carbocycles. The van der Waals surface area contributed by atoms with Crippen molar-refractivity contribution in [3.63, 3.8) is 0 Å². The topological polar surface area (TPSA) is 107 Å². The van der Waals surface area contributed by atoms with Crippen molar-refractivity contribution in [1.29, 1.82) is 0 Å². The zero-order valence-electron chi connectivity index (χ0n) is 5.71. The molecule has 0 bridgehead atoms. The van der Waals surface area contributed by atoms with Gasteiger partial charge in [-0.15, -0.1) is 4.73 Å². The maximum atomic E-state index is 10.8. The third kappa shape index (κ3) is 3.87. The molecule has 0 aliphatic carbocycles. The van der Waals surface area contributed by atoms with Crippen molar-refractivity contribution >= 4 is 46.7 Å². The summed E-state index contributed by atoms with van der Waals surface area (Å²) in [5.41, 5.74) is 4.29. The van der Waals surface area contributed by atoms with Gasteiger partial charge in [0.2, 0.25) is 0 Å². The average molecular weight is 215 g/mol. The summed E-state index contributed by atoms with van der Waals surface area (Å²) in [6.45, 7) is 0. The van der Waals surface area contributed by atoms with Gasteiger partial charge >= 0.3 is 46.6 Å². The standard InChI is InChI=1S/C4H5N3O4S.Na.H/c5-3-1-2-7(4(8)6-3)11-12(9)10;;/h1-2H,(H,9,10)(H2,5,6,8);;. The van der Waals surface area contributed by atoms with E-state index in [2.05, 4.69) is 9.27 Å². The molecule has 0 radical (unpaired) electrons. The van der Waals surface area contributed by atoms with Crippen LogP contribution in [0.1, 0.15) is 0 Å². The van der Waals surface area contributed by atoms with E-state index in [1.807, 2.05) is 0 Å². The molecule has 0 fully saturated rings. The molecule has 1 rings (SSSR count). The van der Waals surface area contributed by atoms with Crippen molar-refractivity contribution in [1.82, 2.24) is 9.71 Å². The molecule has 1 unspecified atom stereocenters. The fourth-order valence-corrected chi connectivity index (χ4v) is 0.781. The Morgan fingerprint density at radius 3 is 2.77 bits per heavy atom. The molecular formula is C4H6N3NaO4S. The second-order valence-electron chi connectivity index (χ2n) is 1.75. The first kappa shape index (κ1) is 12.6. The van der Waals surface area contributed by atoms with Crippen LogP contribution in [0.5, 0.6) is 0 Å². The van der Waals surface area contributed by atoms with Crippen LogP contribution in [-0.2, 0) is 11.4 Å². The molecule has 0 aromatic carbocycles. The zero-order valence-corrected chi connectivity index (χ0v) is 6.52. The summed E-state index contributed by atoms with van der Waals surface area (Å²) in [6, 6.07) is 1.26. The van der Waals surface area contributed by atoms with Gasteiger partial charge in [0.15, 0.2) is 0 Å². The van der Waals surface area contributed by atoms with Crippen LogP contribution in [0, 0.1) is 0 Å². The molecule has 1 atom stereocenters. The van der Waals surface area contributed by atoms with E-state index in [1.165, 1.54) is 6.07 Å². The van der Waals surface area contributed by atoms with E-state index in [0.717, 1.165) is 6.20 Å². The summed E-state index contributed by atoms with van der Waals surface area (Å²) in [6.07, 6.45) is 1.10. The number of hydrogen-bond donors (Lipinski definition) is 2. The molecule has 13 heavy (non-hydrogen) atoms. The van der Waals surface area contributed by atoms with E-state index in [1.54, 1.807) is 0 Å². The molecule has 1 aromatic heterocycles. The normalized spacial score (nSPS) is 11.5. The monoisotopic (exact) mass is 215 g/mol. The van der Waals surface area contributed by atoms with E-state index in [0.29, 0.717) is 4.73 Å². The summed E-state index contributed by atoms with van der Waals surface area (Å²) < 4.78 is 22.9. The predicted molar refractivity (Wildman–Crippen MR) is 47.4 cm³/mol. The van der Waals surface area contributed by atoms with Gasteiger partial charge in [0.1, 0.15) is 5.82 Å². The van der Waals surface area contributed by atoms with Crippen LogP contribution in [0.2, 0.25) is 0 Å². The summed E-state index contributed by atoms with van der Waals surface area (Å²) in [7, 11) is 0. The first-order valence-electron chi connectivity index (χ1n) is 2.74.